The van der Waals surface area contributed by atoms with E-state index in [0.29, 0.717) is 23.4 Å². The van der Waals surface area contributed by atoms with Crippen LogP contribution in [0, 0.1) is 0 Å². The molecule has 2 heterocycles. The molecule has 0 spiro atoms. The number of aromatic nitrogens is 1. The van der Waals surface area contributed by atoms with E-state index >= 15 is 0 Å². The highest BCUT2D eigenvalue weighted by Crippen LogP contribution is 2.21. The SMILES string of the molecule is CC(=O)c1cccc(-c2cncc(C(=O)NCc3ccco3)c2)c1. The lowest BCUT2D eigenvalue weighted by molar-refractivity contribution is 0.0946. The van der Waals surface area contributed by atoms with Crippen molar-refractivity contribution < 1.29 is 14.0 Å². The second kappa shape index (κ2) is 6.91. The number of hydrogen-bond acceptors (Lipinski definition) is 4. The number of nitrogens with zero attached hydrogens (tertiary/aromatic N) is 1. The summed E-state index contributed by atoms with van der Waals surface area (Å²) in [6.45, 7) is 1.84. The average molecular weight is 320 g/mol. The molecular formula is C19H16N2O3. The number of amides is 1. The van der Waals surface area contributed by atoms with Crippen LogP contribution in [0.15, 0.2) is 65.5 Å². The van der Waals surface area contributed by atoms with Crippen LogP contribution in [0.3, 0.4) is 0 Å². The lowest BCUT2D eigenvalue weighted by Gasteiger charge is -2.07. The predicted molar refractivity (Wildman–Crippen MR) is 89.6 cm³/mol. The third-order valence-corrected chi connectivity index (χ3v) is 3.61. The van der Waals surface area contributed by atoms with Crippen molar-refractivity contribution >= 4 is 11.7 Å². The van der Waals surface area contributed by atoms with E-state index in [1.165, 1.54) is 13.1 Å². The van der Waals surface area contributed by atoms with Crippen molar-refractivity contribution in [3.8, 4) is 11.1 Å². The molecule has 0 atom stereocenters. The van der Waals surface area contributed by atoms with Gasteiger partial charge in [0.2, 0.25) is 0 Å². The van der Waals surface area contributed by atoms with E-state index in [0.717, 1.165) is 11.1 Å². The van der Waals surface area contributed by atoms with Crippen LogP contribution in [0.5, 0.6) is 0 Å². The Morgan fingerprint density at radius 2 is 1.88 bits per heavy atom. The third-order valence-electron chi connectivity index (χ3n) is 3.61. The summed E-state index contributed by atoms with van der Waals surface area (Å²) >= 11 is 0. The van der Waals surface area contributed by atoms with Crippen LogP contribution >= 0.6 is 0 Å². The number of benzene rings is 1. The molecule has 3 aromatic rings. The van der Waals surface area contributed by atoms with E-state index in [2.05, 4.69) is 10.3 Å². The molecule has 0 fully saturated rings. The molecule has 0 aliphatic rings. The topological polar surface area (TPSA) is 72.2 Å². The molecule has 1 aromatic carbocycles. The Bertz CT molecular complexity index is 870. The minimum atomic E-state index is -0.233. The highest BCUT2D eigenvalue weighted by atomic mass is 16.3. The molecule has 5 nitrogen and oxygen atoms in total. The van der Waals surface area contributed by atoms with E-state index < -0.39 is 0 Å². The summed E-state index contributed by atoms with van der Waals surface area (Å²) in [6.07, 6.45) is 4.74. The van der Waals surface area contributed by atoms with Crippen LogP contribution in [-0.2, 0) is 6.54 Å². The molecule has 24 heavy (non-hydrogen) atoms. The van der Waals surface area contributed by atoms with Gasteiger partial charge in [0.05, 0.1) is 18.4 Å². The standard InChI is InChI=1S/C19H16N2O3/c1-13(22)14-4-2-5-15(8-14)16-9-17(11-20-10-16)19(23)21-12-18-6-3-7-24-18/h2-11H,12H2,1H3,(H,21,23). The summed E-state index contributed by atoms with van der Waals surface area (Å²) in [5, 5.41) is 2.78. The quantitative estimate of drug-likeness (QED) is 0.731. The van der Waals surface area contributed by atoms with Gasteiger partial charge < -0.3 is 9.73 Å². The fraction of sp³-hybridized carbons (Fsp3) is 0.105. The van der Waals surface area contributed by atoms with Gasteiger partial charge in [-0.25, -0.2) is 0 Å². The van der Waals surface area contributed by atoms with Crippen molar-refractivity contribution in [1.29, 1.82) is 0 Å². The molecule has 0 aliphatic heterocycles. The minimum Gasteiger partial charge on any atom is -0.467 e. The van der Waals surface area contributed by atoms with Gasteiger partial charge in [0.1, 0.15) is 5.76 Å². The smallest absolute Gasteiger partial charge is 0.253 e. The van der Waals surface area contributed by atoms with Crippen LogP contribution < -0.4 is 5.32 Å². The van der Waals surface area contributed by atoms with Crippen LogP contribution in [0.1, 0.15) is 33.4 Å². The number of carbonyl (C=O) groups excluding carboxylic acids is 2. The maximum absolute atomic E-state index is 12.3. The van der Waals surface area contributed by atoms with E-state index in [1.54, 1.807) is 42.8 Å². The second-order valence-electron chi connectivity index (χ2n) is 5.36. The van der Waals surface area contributed by atoms with Gasteiger partial charge >= 0.3 is 0 Å². The van der Waals surface area contributed by atoms with Gasteiger partial charge in [0, 0.05) is 23.5 Å². The minimum absolute atomic E-state index is 0.00263. The molecule has 1 amide bonds. The van der Waals surface area contributed by atoms with E-state index in [1.807, 2.05) is 12.1 Å². The summed E-state index contributed by atoms with van der Waals surface area (Å²) in [5.41, 5.74) is 2.70. The Hall–Kier alpha value is -3.21. The van der Waals surface area contributed by atoms with Crippen LogP contribution in [0.25, 0.3) is 11.1 Å². The summed E-state index contributed by atoms with van der Waals surface area (Å²) in [5.74, 6) is 0.447. The maximum atomic E-state index is 12.3. The van der Waals surface area contributed by atoms with Crippen molar-refractivity contribution in [3.05, 3.63) is 78.0 Å². The first-order chi connectivity index (χ1) is 11.6. The molecular weight excluding hydrogens is 304 g/mol. The Morgan fingerprint density at radius 3 is 2.62 bits per heavy atom. The number of hydrogen-bond donors (Lipinski definition) is 1. The lowest BCUT2D eigenvalue weighted by atomic mass is 10.0. The largest absolute Gasteiger partial charge is 0.467 e. The number of nitrogens with one attached hydrogen (secondary N) is 1. The zero-order chi connectivity index (χ0) is 16.9. The highest BCUT2D eigenvalue weighted by Gasteiger charge is 2.09. The first-order valence-electron chi connectivity index (χ1n) is 7.50. The summed E-state index contributed by atoms with van der Waals surface area (Å²) < 4.78 is 5.19. The van der Waals surface area contributed by atoms with Gasteiger partial charge in [-0.15, -0.1) is 0 Å². The molecule has 0 saturated carbocycles. The maximum Gasteiger partial charge on any atom is 0.253 e. The number of pyridine rings is 1. The van der Waals surface area contributed by atoms with Gasteiger partial charge in [0.25, 0.3) is 5.91 Å². The Labute approximate surface area is 139 Å². The van der Waals surface area contributed by atoms with Crippen molar-refractivity contribution in [3.63, 3.8) is 0 Å². The normalized spacial score (nSPS) is 10.4. The van der Waals surface area contributed by atoms with Gasteiger partial charge in [-0.2, -0.15) is 0 Å². The number of ketones is 1. The van der Waals surface area contributed by atoms with Crippen LogP contribution in [0.4, 0.5) is 0 Å². The average Bonchev–Trinajstić information content (AvgIpc) is 3.13. The fourth-order valence-corrected chi connectivity index (χ4v) is 2.32. The molecule has 0 aliphatic carbocycles. The van der Waals surface area contributed by atoms with Gasteiger partial charge in [0.15, 0.2) is 5.78 Å². The zero-order valence-corrected chi connectivity index (χ0v) is 13.2. The van der Waals surface area contributed by atoms with Crippen LogP contribution in [-0.4, -0.2) is 16.7 Å². The van der Waals surface area contributed by atoms with Gasteiger partial charge in [-0.05, 0) is 36.8 Å². The molecule has 2 aromatic heterocycles. The van der Waals surface area contributed by atoms with E-state index in [9.17, 15) is 9.59 Å². The number of rotatable bonds is 5. The molecule has 0 radical (unpaired) electrons. The predicted octanol–water partition coefficient (Wildman–Crippen LogP) is 3.47. The van der Waals surface area contributed by atoms with Crippen LogP contribution in [0.2, 0.25) is 0 Å². The Balaban J connectivity index is 1.79. The number of carbonyl (C=O) groups is 2. The monoisotopic (exact) mass is 320 g/mol. The Morgan fingerprint density at radius 1 is 1.04 bits per heavy atom. The summed E-state index contributed by atoms with van der Waals surface area (Å²) in [4.78, 5) is 27.9. The molecule has 0 saturated heterocycles. The van der Waals surface area contributed by atoms with E-state index in [4.69, 9.17) is 4.42 Å². The molecule has 120 valence electrons. The Kier molecular flexibility index (Phi) is 4.52. The summed E-state index contributed by atoms with van der Waals surface area (Å²) in [7, 11) is 0. The molecule has 5 heteroatoms. The molecule has 0 unspecified atom stereocenters. The van der Waals surface area contributed by atoms with Crippen molar-refractivity contribution in [2.24, 2.45) is 0 Å². The van der Waals surface area contributed by atoms with Crippen molar-refractivity contribution in [1.82, 2.24) is 10.3 Å². The number of Topliss-reactive ketones (excluding diaryl/α,β-unsaturated/α-hetero) is 1. The van der Waals surface area contributed by atoms with Crippen molar-refractivity contribution in [2.45, 2.75) is 13.5 Å². The van der Waals surface area contributed by atoms with E-state index in [-0.39, 0.29) is 11.7 Å². The van der Waals surface area contributed by atoms with Crippen molar-refractivity contribution in [2.75, 3.05) is 0 Å². The van der Waals surface area contributed by atoms with Gasteiger partial charge in [-0.3, -0.25) is 14.6 Å². The molecule has 3 rings (SSSR count). The summed E-state index contributed by atoms with van der Waals surface area (Å²) in [6, 6.07) is 12.6. The molecule has 0 bridgehead atoms. The molecule has 1 N–H and O–H groups in total. The fourth-order valence-electron chi connectivity index (χ4n) is 2.32. The highest BCUT2D eigenvalue weighted by molar-refractivity contribution is 5.96. The first kappa shape index (κ1) is 15.7. The van der Waals surface area contributed by atoms with Gasteiger partial charge in [-0.1, -0.05) is 18.2 Å². The second-order valence-corrected chi connectivity index (χ2v) is 5.36. The lowest BCUT2D eigenvalue weighted by Crippen LogP contribution is -2.22. The first-order valence-corrected chi connectivity index (χ1v) is 7.50. The zero-order valence-electron chi connectivity index (χ0n) is 13.2. The number of furan rings is 1. The third kappa shape index (κ3) is 3.57.